The summed E-state index contributed by atoms with van der Waals surface area (Å²) < 4.78 is 0. The van der Waals surface area contributed by atoms with Crippen molar-refractivity contribution in [1.82, 2.24) is 4.90 Å². The second kappa shape index (κ2) is 7.92. The normalized spacial score (nSPS) is 17.4. The summed E-state index contributed by atoms with van der Waals surface area (Å²) in [4.78, 5) is 39.6. The van der Waals surface area contributed by atoms with E-state index in [9.17, 15) is 14.4 Å². The van der Waals surface area contributed by atoms with Crippen LogP contribution in [-0.2, 0) is 14.4 Å². The van der Waals surface area contributed by atoms with Crippen molar-refractivity contribution in [1.29, 1.82) is 0 Å². The van der Waals surface area contributed by atoms with Crippen LogP contribution in [0.2, 0.25) is 0 Å². The Morgan fingerprint density at radius 1 is 1.33 bits per heavy atom. The van der Waals surface area contributed by atoms with Crippen molar-refractivity contribution in [2.75, 3.05) is 23.8 Å². The van der Waals surface area contributed by atoms with Crippen molar-refractivity contribution in [2.45, 2.75) is 38.6 Å². The first-order valence-electron chi connectivity index (χ1n) is 8.07. The van der Waals surface area contributed by atoms with E-state index in [1.807, 2.05) is 0 Å². The Balaban J connectivity index is 2.25. The van der Waals surface area contributed by atoms with E-state index in [0.717, 1.165) is 24.2 Å². The van der Waals surface area contributed by atoms with E-state index in [-0.39, 0.29) is 18.3 Å². The highest BCUT2D eigenvalue weighted by Crippen LogP contribution is 2.22. The van der Waals surface area contributed by atoms with Crippen molar-refractivity contribution < 1.29 is 19.5 Å². The van der Waals surface area contributed by atoms with Gasteiger partial charge in [-0.3, -0.25) is 14.4 Å². The molecule has 0 radical (unpaired) electrons. The van der Waals surface area contributed by atoms with Gasteiger partial charge in [0.15, 0.2) is 0 Å². The standard InChI is InChI=1S/C17H23N3O4/c1-12(22)20(15-7-4-5-13(18)11-15)17(24)16(23)19-9-3-2-6-14(19)8-10-21/h4-5,7,11,14,21H,2-3,6,8-10,18H2,1H3. The minimum Gasteiger partial charge on any atom is -0.399 e. The maximum Gasteiger partial charge on any atom is 0.323 e. The quantitative estimate of drug-likeness (QED) is 0.632. The lowest BCUT2D eigenvalue weighted by Crippen LogP contribution is -2.52. The first-order valence-corrected chi connectivity index (χ1v) is 8.07. The summed E-state index contributed by atoms with van der Waals surface area (Å²) in [5, 5.41) is 9.16. The fourth-order valence-electron chi connectivity index (χ4n) is 3.04. The molecule has 1 aliphatic rings. The van der Waals surface area contributed by atoms with Crippen molar-refractivity contribution in [3.8, 4) is 0 Å². The Kier molecular flexibility index (Phi) is 5.92. The van der Waals surface area contributed by atoms with Crippen LogP contribution in [0.25, 0.3) is 0 Å². The van der Waals surface area contributed by atoms with E-state index in [1.165, 1.54) is 17.9 Å². The molecule has 7 nitrogen and oxygen atoms in total. The third kappa shape index (κ3) is 3.91. The number of benzene rings is 1. The van der Waals surface area contributed by atoms with Gasteiger partial charge in [0.05, 0.1) is 5.69 Å². The molecule has 0 aliphatic carbocycles. The molecule has 0 spiro atoms. The van der Waals surface area contributed by atoms with Crippen LogP contribution in [0.15, 0.2) is 24.3 Å². The molecule has 1 fully saturated rings. The minimum atomic E-state index is -0.891. The number of nitrogen functional groups attached to an aromatic ring is 1. The first-order chi connectivity index (χ1) is 11.5. The van der Waals surface area contributed by atoms with Gasteiger partial charge in [0.2, 0.25) is 5.91 Å². The third-order valence-corrected chi connectivity index (χ3v) is 4.18. The lowest BCUT2D eigenvalue weighted by molar-refractivity contribution is -0.148. The molecule has 1 aromatic carbocycles. The smallest absolute Gasteiger partial charge is 0.323 e. The van der Waals surface area contributed by atoms with Crippen molar-refractivity contribution in [2.24, 2.45) is 0 Å². The number of amides is 3. The number of anilines is 2. The molecule has 0 saturated carbocycles. The zero-order valence-electron chi connectivity index (χ0n) is 13.8. The topological polar surface area (TPSA) is 104 Å². The molecule has 130 valence electrons. The van der Waals surface area contributed by atoms with Crippen molar-refractivity contribution in [3.63, 3.8) is 0 Å². The number of nitrogens with two attached hydrogens (primary N) is 1. The van der Waals surface area contributed by atoms with Crippen molar-refractivity contribution >= 4 is 29.1 Å². The number of nitrogens with zero attached hydrogens (tertiary/aromatic N) is 2. The number of carbonyl (C=O) groups is 3. The number of piperidine rings is 1. The Labute approximate surface area is 141 Å². The molecule has 1 unspecified atom stereocenters. The summed E-state index contributed by atoms with van der Waals surface area (Å²) in [5.41, 5.74) is 6.38. The summed E-state index contributed by atoms with van der Waals surface area (Å²) >= 11 is 0. The number of aliphatic hydroxyl groups is 1. The molecule has 0 bridgehead atoms. The van der Waals surface area contributed by atoms with Gasteiger partial charge in [0.1, 0.15) is 0 Å². The van der Waals surface area contributed by atoms with E-state index < -0.39 is 17.7 Å². The van der Waals surface area contributed by atoms with Crippen LogP contribution in [0.1, 0.15) is 32.6 Å². The number of carbonyl (C=O) groups excluding carboxylic acids is 3. The van der Waals surface area contributed by atoms with E-state index in [4.69, 9.17) is 10.8 Å². The summed E-state index contributed by atoms with van der Waals surface area (Å²) in [6, 6.07) is 6.12. The molecular formula is C17H23N3O4. The molecule has 7 heteroatoms. The van der Waals surface area contributed by atoms with Crippen LogP contribution in [-0.4, -0.2) is 46.9 Å². The molecule has 2 rings (SSSR count). The number of hydrogen-bond acceptors (Lipinski definition) is 5. The number of hydrogen-bond donors (Lipinski definition) is 2. The van der Waals surface area contributed by atoms with Crippen LogP contribution in [0.4, 0.5) is 11.4 Å². The van der Waals surface area contributed by atoms with Crippen LogP contribution in [0, 0.1) is 0 Å². The fourth-order valence-corrected chi connectivity index (χ4v) is 3.04. The molecule has 1 aliphatic heterocycles. The van der Waals surface area contributed by atoms with E-state index in [0.29, 0.717) is 18.7 Å². The third-order valence-electron chi connectivity index (χ3n) is 4.18. The maximum absolute atomic E-state index is 12.7. The van der Waals surface area contributed by atoms with E-state index in [1.54, 1.807) is 18.2 Å². The summed E-state index contributed by atoms with van der Waals surface area (Å²) in [5.74, 6) is -2.15. The molecule has 3 N–H and O–H groups in total. The molecule has 3 amide bonds. The maximum atomic E-state index is 12.7. The van der Waals surface area contributed by atoms with Gasteiger partial charge in [-0.2, -0.15) is 0 Å². The van der Waals surface area contributed by atoms with Crippen LogP contribution >= 0.6 is 0 Å². The van der Waals surface area contributed by atoms with Crippen LogP contribution in [0.3, 0.4) is 0 Å². The van der Waals surface area contributed by atoms with Crippen molar-refractivity contribution in [3.05, 3.63) is 24.3 Å². The van der Waals surface area contributed by atoms with Gasteiger partial charge >= 0.3 is 11.8 Å². The predicted molar refractivity (Wildman–Crippen MR) is 90.1 cm³/mol. The van der Waals surface area contributed by atoms with Gasteiger partial charge in [-0.05, 0) is 43.9 Å². The molecule has 1 aromatic rings. The second-order valence-electron chi connectivity index (χ2n) is 5.92. The summed E-state index contributed by atoms with van der Waals surface area (Å²) in [6.45, 7) is 1.64. The monoisotopic (exact) mass is 333 g/mol. The average Bonchev–Trinajstić information content (AvgIpc) is 2.55. The Hall–Kier alpha value is -2.41. The summed E-state index contributed by atoms with van der Waals surface area (Å²) in [7, 11) is 0. The van der Waals surface area contributed by atoms with Crippen LogP contribution < -0.4 is 10.6 Å². The molecular weight excluding hydrogens is 310 g/mol. The van der Waals surface area contributed by atoms with Crippen LogP contribution in [0.5, 0.6) is 0 Å². The Morgan fingerprint density at radius 3 is 2.71 bits per heavy atom. The predicted octanol–water partition coefficient (Wildman–Crippen LogP) is 0.912. The average molecular weight is 333 g/mol. The van der Waals surface area contributed by atoms with E-state index in [2.05, 4.69) is 0 Å². The van der Waals surface area contributed by atoms with Gasteiger partial charge in [0, 0.05) is 31.8 Å². The van der Waals surface area contributed by atoms with Gasteiger partial charge < -0.3 is 15.7 Å². The highest BCUT2D eigenvalue weighted by Gasteiger charge is 2.35. The fraction of sp³-hybridized carbons (Fsp3) is 0.471. The molecule has 0 aromatic heterocycles. The number of likely N-dealkylation sites (tertiary alicyclic amines) is 1. The number of rotatable bonds is 3. The van der Waals surface area contributed by atoms with Gasteiger partial charge in [-0.1, -0.05) is 6.07 Å². The SMILES string of the molecule is CC(=O)N(C(=O)C(=O)N1CCCCC1CCO)c1cccc(N)c1. The zero-order chi connectivity index (χ0) is 17.7. The lowest BCUT2D eigenvalue weighted by atomic mass is 9.99. The van der Waals surface area contributed by atoms with E-state index >= 15 is 0 Å². The largest absolute Gasteiger partial charge is 0.399 e. The molecule has 1 heterocycles. The highest BCUT2D eigenvalue weighted by atomic mass is 16.3. The summed E-state index contributed by atoms with van der Waals surface area (Å²) in [6.07, 6.45) is 2.93. The van der Waals surface area contributed by atoms with Gasteiger partial charge in [-0.15, -0.1) is 0 Å². The molecule has 1 atom stereocenters. The molecule has 1 saturated heterocycles. The number of aliphatic hydroxyl groups excluding tert-OH is 1. The zero-order valence-corrected chi connectivity index (χ0v) is 13.8. The first kappa shape index (κ1) is 17.9. The molecule has 24 heavy (non-hydrogen) atoms. The lowest BCUT2D eigenvalue weighted by Gasteiger charge is -2.36. The number of imide groups is 1. The van der Waals surface area contributed by atoms with Gasteiger partial charge in [-0.25, -0.2) is 4.90 Å². The Morgan fingerprint density at radius 2 is 2.08 bits per heavy atom. The minimum absolute atomic E-state index is 0.0473. The Bertz CT molecular complexity index is 630. The van der Waals surface area contributed by atoms with Gasteiger partial charge in [0.25, 0.3) is 0 Å². The highest BCUT2D eigenvalue weighted by molar-refractivity contribution is 6.45. The second-order valence-corrected chi connectivity index (χ2v) is 5.92.